The number of hydrogen-bond donors (Lipinski definition) is 2. The van der Waals surface area contributed by atoms with Crippen molar-refractivity contribution in [2.24, 2.45) is 0 Å². The molecule has 0 aliphatic carbocycles. The molecule has 2 aliphatic rings. The van der Waals surface area contributed by atoms with Crippen molar-refractivity contribution >= 4 is 17.5 Å². The van der Waals surface area contributed by atoms with Gasteiger partial charge in [0.1, 0.15) is 6.61 Å². The Bertz CT molecular complexity index is 1290. The summed E-state index contributed by atoms with van der Waals surface area (Å²) in [6, 6.07) is 20.5. The first-order valence-electron chi connectivity index (χ1n) is 12.7. The van der Waals surface area contributed by atoms with E-state index >= 15 is 0 Å². The number of ketones is 1. The van der Waals surface area contributed by atoms with Crippen LogP contribution in [0.15, 0.2) is 66.7 Å². The third kappa shape index (κ3) is 5.65. The quantitative estimate of drug-likeness (QED) is 0.443. The molecule has 2 aliphatic heterocycles. The number of aliphatic hydroxyl groups excluding tert-OH is 2. The minimum atomic E-state index is -0.543. The molecule has 0 saturated carbocycles. The molecular weight excluding hydrogens is 486 g/mol. The standard InChI is InChI=1S/C29H31N3O6/c33-15-14-30-10-12-31(13-11-30)29(36)32(18-21-4-6-22(7-5-21)26(35)19-34)25-3-1-2-23(16-25)24-8-9-27-28(17-24)38-20-37-27/h1-9,16-17,33-34H,10-15,18-20H2. The van der Waals surface area contributed by atoms with Gasteiger partial charge in [-0.25, -0.2) is 4.79 Å². The first kappa shape index (κ1) is 25.7. The lowest BCUT2D eigenvalue weighted by molar-refractivity contribution is 0.0903. The Kier molecular flexibility index (Phi) is 7.88. The van der Waals surface area contributed by atoms with E-state index < -0.39 is 6.61 Å². The van der Waals surface area contributed by atoms with Gasteiger partial charge in [-0.05, 0) is 41.0 Å². The van der Waals surface area contributed by atoms with Crippen LogP contribution >= 0.6 is 0 Å². The molecule has 9 nitrogen and oxygen atoms in total. The molecule has 0 atom stereocenters. The van der Waals surface area contributed by atoms with Crippen LogP contribution in [-0.2, 0) is 6.54 Å². The van der Waals surface area contributed by atoms with Crippen molar-refractivity contribution in [1.29, 1.82) is 0 Å². The highest BCUT2D eigenvalue weighted by molar-refractivity contribution is 5.97. The van der Waals surface area contributed by atoms with Gasteiger partial charge in [0.05, 0.1) is 13.2 Å². The van der Waals surface area contributed by atoms with Crippen molar-refractivity contribution in [3.63, 3.8) is 0 Å². The van der Waals surface area contributed by atoms with E-state index in [0.717, 1.165) is 22.4 Å². The van der Waals surface area contributed by atoms with Gasteiger partial charge in [-0.1, -0.05) is 42.5 Å². The van der Waals surface area contributed by atoms with Gasteiger partial charge in [0.25, 0.3) is 0 Å². The first-order valence-corrected chi connectivity index (χ1v) is 12.7. The number of aliphatic hydroxyl groups is 2. The number of Topliss-reactive ketones (excluding diaryl/α,β-unsaturated/α-hetero) is 1. The second kappa shape index (κ2) is 11.6. The Hall–Kier alpha value is -3.92. The Labute approximate surface area is 221 Å². The molecule has 1 fully saturated rings. The number of anilines is 1. The van der Waals surface area contributed by atoms with Crippen LogP contribution in [0, 0.1) is 0 Å². The molecule has 0 bridgehead atoms. The van der Waals surface area contributed by atoms with Gasteiger partial charge < -0.3 is 24.6 Å². The lowest BCUT2D eigenvalue weighted by Gasteiger charge is -2.37. The average molecular weight is 518 g/mol. The SMILES string of the molecule is O=C(CO)c1ccc(CN(C(=O)N2CCN(CCO)CC2)c2cccc(-c3ccc4c(c3)OCO4)c2)cc1. The Morgan fingerprint density at radius 3 is 2.32 bits per heavy atom. The second-order valence-electron chi connectivity index (χ2n) is 9.32. The number of urea groups is 1. The van der Waals surface area contributed by atoms with Crippen LogP contribution in [0.3, 0.4) is 0 Å². The monoisotopic (exact) mass is 517 g/mol. The minimum Gasteiger partial charge on any atom is -0.454 e. The normalized spacial score (nSPS) is 14.9. The van der Waals surface area contributed by atoms with Crippen LogP contribution in [0.2, 0.25) is 0 Å². The van der Waals surface area contributed by atoms with Crippen molar-refractivity contribution in [2.75, 3.05) is 57.6 Å². The van der Waals surface area contributed by atoms with Gasteiger partial charge in [-0.15, -0.1) is 0 Å². The molecule has 0 unspecified atom stereocenters. The van der Waals surface area contributed by atoms with Crippen molar-refractivity contribution in [1.82, 2.24) is 9.80 Å². The summed E-state index contributed by atoms with van der Waals surface area (Å²) in [6.45, 7) is 3.22. The number of amides is 2. The summed E-state index contributed by atoms with van der Waals surface area (Å²) >= 11 is 0. The number of carbonyl (C=O) groups is 2. The number of carbonyl (C=O) groups excluding carboxylic acids is 2. The smallest absolute Gasteiger partial charge is 0.324 e. The number of fused-ring (bicyclic) bond motifs is 1. The predicted octanol–water partition coefficient (Wildman–Crippen LogP) is 2.99. The summed E-state index contributed by atoms with van der Waals surface area (Å²) in [5.41, 5.74) is 3.93. The molecule has 3 aromatic carbocycles. The Balaban J connectivity index is 1.43. The van der Waals surface area contributed by atoms with Crippen LogP contribution in [-0.4, -0.2) is 84.6 Å². The summed E-state index contributed by atoms with van der Waals surface area (Å²) in [4.78, 5) is 31.4. The average Bonchev–Trinajstić information content (AvgIpc) is 3.44. The van der Waals surface area contributed by atoms with Crippen LogP contribution in [0.4, 0.5) is 10.5 Å². The van der Waals surface area contributed by atoms with Gasteiger partial charge in [0.2, 0.25) is 6.79 Å². The van der Waals surface area contributed by atoms with E-state index in [2.05, 4.69) is 4.90 Å². The molecule has 198 valence electrons. The molecule has 3 aromatic rings. The third-order valence-corrected chi connectivity index (χ3v) is 6.91. The van der Waals surface area contributed by atoms with Crippen LogP contribution < -0.4 is 14.4 Å². The number of benzene rings is 3. The largest absolute Gasteiger partial charge is 0.454 e. The number of β-amino-alcohol motifs (C(OH)–C–C–N with tert-alkyl or cyclic N) is 1. The number of ether oxygens (including phenoxy) is 2. The number of piperazine rings is 1. The molecule has 5 rings (SSSR count). The van der Waals surface area contributed by atoms with Gasteiger partial charge in [0, 0.05) is 44.0 Å². The fourth-order valence-corrected chi connectivity index (χ4v) is 4.74. The van der Waals surface area contributed by atoms with Crippen LogP contribution in [0.1, 0.15) is 15.9 Å². The Morgan fingerprint density at radius 1 is 0.842 bits per heavy atom. The first-order chi connectivity index (χ1) is 18.6. The zero-order valence-corrected chi connectivity index (χ0v) is 21.1. The highest BCUT2D eigenvalue weighted by atomic mass is 16.7. The van der Waals surface area contributed by atoms with Gasteiger partial charge in [-0.3, -0.25) is 14.6 Å². The van der Waals surface area contributed by atoms with Gasteiger partial charge in [0.15, 0.2) is 17.3 Å². The maximum atomic E-state index is 13.9. The molecule has 0 aromatic heterocycles. The van der Waals surface area contributed by atoms with Crippen LogP contribution in [0.25, 0.3) is 11.1 Å². The summed E-state index contributed by atoms with van der Waals surface area (Å²) in [5, 5.41) is 18.4. The topological polar surface area (TPSA) is 103 Å². The fourth-order valence-electron chi connectivity index (χ4n) is 4.74. The molecule has 9 heteroatoms. The van der Waals surface area contributed by atoms with E-state index in [9.17, 15) is 14.7 Å². The zero-order valence-electron chi connectivity index (χ0n) is 21.1. The van der Waals surface area contributed by atoms with Crippen molar-refractivity contribution in [3.05, 3.63) is 77.9 Å². The predicted molar refractivity (Wildman–Crippen MR) is 143 cm³/mol. The molecule has 2 N–H and O–H groups in total. The maximum Gasteiger partial charge on any atom is 0.324 e. The summed E-state index contributed by atoms with van der Waals surface area (Å²) in [7, 11) is 0. The van der Waals surface area contributed by atoms with Crippen molar-refractivity contribution < 1.29 is 29.3 Å². The fraction of sp³-hybridized carbons (Fsp3) is 0.310. The molecule has 38 heavy (non-hydrogen) atoms. The van der Waals surface area contributed by atoms with Gasteiger partial charge >= 0.3 is 6.03 Å². The lowest BCUT2D eigenvalue weighted by Crippen LogP contribution is -2.53. The molecule has 2 amide bonds. The third-order valence-electron chi connectivity index (χ3n) is 6.91. The zero-order chi connectivity index (χ0) is 26.5. The Morgan fingerprint density at radius 2 is 1.58 bits per heavy atom. The highest BCUT2D eigenvalue weighted by Gasteiger charge is 2.27. The molecule has 0 radical (unpaired) electrons. The minimum absolute atomic E-state index is 0.0987. The number of rotatable bonds is 8. The molecule has 1 saturated heterocycles. The van der Waals surface area contributed by atoms with E-state index in [1.807, 2.05) is 59.5 Å². The summed E-state index contributed by atoms with van der Waals surface area (Å²) in [5.74, 6) is 1.06. The maximum absolute atomic E-state index is 13.9. The number of hydrogen-bond acceptors (Lipinski definition) is 7. The summed E-state index contributed by atoms with van der Waals surface area (Å²) < 4.78 is 11.0. The molecular formula is C29H31N3O6. The second-order valence-corrected chi connectivity index (χ2v) is 9.32. The van der Waals surface area contributed by atoms with Crippen molar-refractivity contribution in [2.45, 2.75) is 6.54 Å². The van der Waals surface area contributed by atoms with Crippen molar-refractivity contribution in [3.8, 4) is 22.6 Å². The van der Waals surface area contributed by atoms with E-state index in [1.165, 1.54) is 0 Å². The lowest BCUT2D eigenvalue weighted by atomic mass is 10.0. The molecule has 0 spiro atoms. The van der Waals surface area contributed by atoms with E-state index in [1.54, 1.807) is 17.0 Å². The van der Waals surface area contributed by atoms with Gasteiger partial charge in [-0.2, -0.15) is 0 Å². The number of nitrogens with zero attached hydrogens (tertiary/aromatic N) is 3. The molecule has 2 heterocycles. The van der Waals surface area contributed by atoms with E-state index in [-0.39, 0.29) is 25.2 Å². The van der Waals surface area contributed by atoms with E-state index in [4.69, 9.17) is 14.6 Å². The highest BCUT2D eigenvalue weighted by Crippen LogP contribution is 2.37. The van der Waals surface area contributed by atoms with Crippen LogP contribution in [0.5, 0.6) is 11.5 Å². The summed E-state index contributed by atoms with van der Waals surface area (Å²) in [6.07, 6.45) is 0. The van der Waals surface area contributed by atoms with E-state index in [0.29, 0.717) is 56.3 Å².